The van der Waals surface area contributed by atoms with Crippen molar-refractivity contribution in [3.05, 3.63) is 28.0 Å². The number of piperidine rings is 1. The minimum atomic E-state index is -0.325. The average Bonchev–Trinajstić information content (AvgIpc) is 2.33. The van der Waals surface area contributed by atoms with Crippen LogP contribution < -0.4 is 10.6 Å². The van der Waals surface area contributed by atoms with Crippen molar-refractivity contribution in [3.8, 4) is 0 Å². The van der Waals surface area contributed by atoms with E-state index in [1.807, 2.05) is 0 Å². The summed E-state index contributed by atoms with van der Waals surface area (Å²) >= 11 is 3.21. The Morgan fingerprint density at radius 3 is 2.74 bits per heavy atom. The molecule has 0 amide bonds. The number of benzene rings is 1. The second-order valence-electron chi connectivity index (χ2n) is 5.35. The molecule has 3 N–H and O–H groups in total. The van der Waals surface area contributed by atoms with Crippen LogP contribution in [-0.2, 0) is 0 Å². The van der Waals surface area contributed by atoms with Crippen molar-refractivity contribution in [2.75, 3.05) is 11.4 Å². The molecule has 0 radical (unpaired) electrons. The maximum Gasteiger partial charge on any atom is 0.161 e. The Morgan fingerprint density at radius 1 is 1.47 bits per heavy atom. The van der Waals surface area contributed by atoms with Crippen LogP contribution >= 0.6 is 15.9 Å². The molecule has 3 nitrogen and oxygen atoms in total. The average molecular weight is 328 g/mol. The van der Waals surface area contributed by atoms with Crippen LogP contribution in [0.1, 0.15) is 32.3 Å². The van der Waals surface area contributed by atoms with Gasteiger partial charge in [0, 0.05) is 18.2 Å². The van der Waals surface area contributed by atoms with E-state index in [1.54, 1.807) is 12.1 Å². The predicted octanol–water partition coefficient (Wildman–Crippen LogP) is 3.50. The first-order valence-corrected chi connectivity index (χ1v) is 7.30. The molecule has 0 bridgehead atoms. The van der Waals surface area contributed by atoms with E-state index >= 15 is 0 Å². The molecule has 2 rings (SSSR count). The van der Waals surface area contributed by atoms with Crippen molar-refractivity contribution in [2.45, 2.75) is 32.7 Å². The van der Waals surface area contributed by atoms with Crippen molar-refractivity contribution < 1.29 is 4.39 Å². The smallest absolute Gasteiger partial charge is 0.161 e. The third kappa shape index (κ3) is 2.76. The monoisotopic (exact) mass is 327 g/mol. The summed E-state index contributed by atoms with van der Waals surface area (Å²) in [7, 11) is 0. The van der Waals surface area contributed by atoms with Gasteiger partial charge >= 0.3 is 0 Å². The molecule has 1 heterocycles. The highest BCUT2D eigenvalue weighted by Gasteiger charge is 2.26. The zero-order chi connectivity index (χ0) is 14.2. The number of nitrogens with two attached hydrogens (primary N) is 1. The van der Waals surface area contributed by atoms with Gasteiger partial charge in [-0.2, -0.15) is 0 Å². The standard InChI is InChI=1S/C14H19BrFN3/c1-8-5-6-19(9(2)7-8)11-4-3-10(14(17)18)12(15)13(11)16/h3-4,8-9H,5-7H2,1-2H3,(H3,17,18). The fourth-order valence-electron chi connectivity index (χ4n) is 2.73. The van der Waals surface area contributed by atoms with Crippen LogP contribution in [-0.4, -0.2) is 18.4 Å². The van der Waals surface area contributed by atoms with E-state index < -0.39 is 0 Å². The topological polar surface area (TPSA) is 53.1 Å². The van der Waals surface area contributed by atoms with E-state index in [9.17, 15) is 4.39 Å². The van der Waals surface area contributed by atoms with Crippen LogP contribution in [0, 0.1) is 17.1 Å². The largest absolute Gasteiger partial charge is 0.384 e. The summed E-state index contributed by atoms with van der Waals surface area (Å²) in [4.78, 5) is 2.10. The molecule has 19 heavy (non-hydrogen) atoms. The summed E-state index contributed by atoms with van der Waals surface area (Å²) in [5, 5.41) is 7.42. The minimum absolute atomic E-state index is 0.127. The van der Waals surface area contributed by atoms with Gasteiger partial charge in [0.05, 0.1) is 10.2 Å². The normalized spacial score (nSPS) is 23.5. The Labute approximate surface area is 121 Å². The molecule has 5 heteroatoms. The fourth-order valence-corrected chi connectivity index (χ4v) is 3.28. The number of anilines is 1. The SMILES string of the molecule is CC1CCN(c2ccc(C(=N)N)c(Br)c2F)C(C)C1. The molecule has 0 saturated carbocycles. The maximum atomic E-state index is 14.4. The summed E-state index contributed by atoms with van der Waals surface area (Å²) in [5.74, 6) is 0.237. The Balaban J connectivity index is 2.36. The number of halogens is 2. The zero-order valence-electron chi connectivity index (χ0n) is 11.2. The summed E-state index contributed by atoms with van der Waals surface area (Å²) in [6.07, 6.45) is 2.15. The minimum Gasteiger partial charge on any atom is -0.384 e. The zero-order valence-corrected chi connectivity index (χ0v) is 12.8. The van der Waals surface area contributed by atoms with Crippen LogP contribution in [0.15, 0.2) is 16.6 Å². The highest BCUT2D eigenvalue weighted by Crippen LogP contribution is 2.34. The van der Waals surface area contributed by atoms with E-state index in [2.05, 4.69) is 34.7 Å². The van der Waals surface area contributed by atoms with Crippen LogP contribution in [0.3, 0.4) is 0 Å². The van der Waals surface area contributed by atoms with Gasteiger partial charge in [-0.1, -0.05) is 6.92 Å². The first-order valence-electron chi connectivity index (χ1n) is 6.50. The molecule has 1 aliphatic heterocycles. The van der Waals surface area contributed by atoms with Gasteiger partial charge < -0.3 is 10.6 Å². The Bertz CT molecular complexity index is 504. The Hall–Kier alpha value is -1.10. The highest BCUT2D eigenvalue weighted by molar-refractivity contribution is 9.10. The molecule has 1 aromatic rings. The van der Waals surface area contributed by atoms with Gasteiger partial charge in [-0.3, -0.25) is 5.41 Å². The first kappa shape index (κ1) is 14.3. The number of nitrogens with one attached hydrogen (secondary N) is 1. The van der Waals surface area contributed by atoms with Gasteiger partial charge in [-0.25, -0.2) is 4.39 Å². The van der Waals surface area contributed by atoms with Gasteiger partial charge in [-0.05, 0) is 53.7 Å². The highest BCUT2D eigenvalue weighted by atomic mass is 79.9. The van der Waals surface area contributed by atoms with E-state index in [0.29, 0.717) is 23.2 Å². The van der Waals surface area contributed by atoms with Crippen LogP contribution in [0.25, 0.3) is 0 Å². The summed E-state index contributed by atoms with van der Waals surface area (Å²) in [6.45, 7) is 5.23. The molecular formula is C14H19BrFN3. The molecule has 1 aliphatic rings. The Morgan fingerprint density at radius 2 is 2.16 bits per heavy atom. The third-order valence-corrected chi connectivity index (χ3v) is 4.58. The lowest BCUT2D eigenvalue weighted by Gasteiger charge is -2.38. The molecule has 1 aromatic carbocycles. The predicted molar refractivity (Wildman–Crippen MR) is 80.3 cm³/mol. The fraction of sp³-hybridized carbons (Fsp3) is 0.500. The van der Waals surface area contributed by atoms with E-state index in [1.165, 1.54) is 0 Å². The second-order valence-corrected chi connectivity index (χ2v) is 6.14. The van der Waals surface area contributed by atoms with Crippen molar-refractivity contribution in [3.63, 3.8) is 0 Å². The van der Waals surface area contributed by atoms with Crippen molar-refractivity contribution in [1.29, 1.82) is 5.41 Å². The molecule has 1 fully saturated rings. The lowest BCUT2D eigenvalue weighted by atomic mass is 9.93. The Kier molecular flexibility index (Phi) is 4.13. The van der Waals surface area contributed by atoms with E-state index in [4.69, 9.17) is 11.1 Å². The molecule has 0 aliphatic carbocycles. The molecule has 0 spiro atoms. The number of rotatable bonds is 2. The van der Waals surface area contributed by atoms with Gasteiger partial charge in [0.2, 0.25) is 0 Å². The third-order valence-electron chi connectivity index (χ3n) is 3.80. The quantitative estimate of drug-likeness (QED) is 0.645. The van der Waals surface area contributed by atoms with Crippen molar-refractivity contribution >= 4 is 27.5 Å². The van der Waals surface area contributed by atoms with E-state index in [0.717, 1.165) is 19.4 Å². The maximum absolute atomic E-state index is 14.4. The van der Waals surface area contributed by atoms with Gasteiger partial charge in [0.25, 0.3) is 0 Å². The molecular weight excluding hydrogens is 309 g/mol. The lowest BCUT2D eigenvalue weighted by Crippen LogP contribution is -2.40. The van der Waals surface area contributed by atoms with Crippen LogP contribution in [0.2, 0.25) is 0 Å². The molecule has 2 unspecified atom stereocenters. The summed E-state index contributed by atoms with van der Waals surface area (Å²) in [5.41, 5.74) is 6.43. The van der Waals surface area contributed by atoms with Crippen molar-refractivity contribution in [1.82, 2.24) is 0 Å². The number of amidine groups is 1. The van der Waals surface area contributed by atoms with Gasteiger partial charge in [0.15, 0.2) is 5.82 Å². The molecule has 2 atom stereocenters. The number of hydrogen-bond acceptors (Lipinski definition) is 2. The second kappa shape index (κ2) is 5.49. The molecule has 1 saturated heterocycles. The van der Waals surface area contributed by atoms with Gasteiger partial charge in [-0.15, -0.1) is 0 Å². The van der Waals surface area contributed by atoms with Crippen LogP contribution in [0.5, 0.6) is 0 Å². The molecule has 0 aromatic heterocycles. The first-order chi connectivity index (χ1) is 8.91. The number of hydrogen-bond donors (Lipinski definition) is 2. The number of nitrogen functional groups attached to an aromatic ring is 1. The van der Waals surface area contributed by atoms with Crippen LogP contribution in [0.4, 0.5) is 10.1 Å². The summed E-state index contributed by atoms with van der Waals surface area (Å²) in [6, 6.07) is 3.76. The lowest BCUT2D eigenvalue weighted by molar-refractivity contribution is 0.374. The molecule has 104 valence electrons. The summed E-state index contributed by atoms with van der Waals surface area (Å²) < 4.78 is 14.7. The number of nitrogens with zero attached hydrogens (tertiary/aromatic N) is 1. The van der Waals surface area contributed by atoms with Crippen molar-refractivity contribution in [2.24, 2.45) is 11.7 Å². The van der Waals surface area contributed by atoms with Gasteiger partial charge in [0.1, 0.15) is 5.84 Å². The van der Waals surface area contributed by atoms with E-state index in [-0.39, 0.29) is 16.1 Å².